The van der Waals surface area contributed by atoms with Crippen molar-refractivity contribution in [3.63, 3.8) is 0 Å². The summed E-state index contributed by atoms with van der Waals surface area (Å²) in [5.74, 6) is 2.46. The van der Waals surface area contributed by atoms with Crippen molar-refractivity contribution in [3.05, 3.63) is 64.2 Å². The number of benzene rings is 1. The molecule has 35 heavy (non-hydrogen) atoms. The molecule has 1 aromatic carbocycles. The first-order valence-corrected chi connectivity index (χ1v) is 12.5. The lowest BCUT2D eigenvalue weighted by Gasteiger charge is -2.15. The molecule has 4 rings (SSSR count). The Morgan fingerprint density at radius 2 is 1.46 bits per heavy atom. The van der Waals surface area contributed by atoms with Crippen LogP contribution in [0, 0.1) is 27.7 Å². The van der Waals surface area contributed by atoms with Gasteiger partial charge < -0.3 is 18.8 Å². The van der Waals surface area contributed by atoms with E-state index in [0.717, 1.165) is 45.0 Å². The predicted molar refractivity (Wildman–Crippen MR) is 136 cm³/mol. The first-order chi connectivity index (χ1) is 16.8. The van der Waals surface area contributed by atoms with Crippen LogP contribution in [0.5, 0.6) is 17.2 Å². The summed E-state index contributed by atoms with van der Waals surface area (Å²) in [6.07, 6.45) is 3.55. The van der Waals surface area contributed by atoms with Crippen molar-refractivity contribution in [2.45, 2.75) is 45.1 Å². The van der Waals surface area contributed by atoms with Crippen LogP contribution in [0.25, 0.3) is 11.0 Å². The fraction of sp³-hybridized carbons (Fsp3) is 0.346. The smallest absolute Gasteiger partial charge is 0.200 e. The number of imidazole rings is 1. The largest absolute Gasteiger partial charge is 0.497 e. The molecule has 4 aromatic rings. The number of pyridine rings is 2. The van der Waals surface area contributed by atoms with E-state index in [9.17, 15) is 4.21 Å². The van der Waals surface area contributed by atoms with Crippen LogP contribution in [0.4, 0.5) is 0 Å². The molecule has 0 aliphatic carbocycles. The van der Waals surface area contributed by atoms with E-state index in [1.807, 2.05) is 50.5 Å². The fourth-order valence-corrected chi connectivity index (χ4v) is 5.60. The van der Waals surface area contributed by atoms with E-state index in [2.05, 4.69) is 9.97 Å². The monoisotopic (exact) mass is 494 g/mol. The maximum atomic E-state index is 13.7. The summed E-state index contributed by atoms with van der Waals surface area (Å²) in [5.41, 5.74) is 6.82. The van der Waals surface area contributed by atoms with Crippen LogP contribution in [0.15, 0.2) is 35.7 Å². The lowest BCUT2D eigenvalue weighted by atomic mass is 10.1. The van der Waals surface area contributed by atoms with Crippen molar-refractivity contribution < 1.29 is 18.4 Å². The average molecular weight is 495 g/mol. The van der Waals surface area contributed by atoms with Crippen molar-refractivity contribution in [1.82, 2.24) is 19.5 Å². The second-order valence-corrected chi connectivity index (χ2v) is 9.76. The van der Waals surface area contributed by atoms with Gasteiger partial charge in [-0.25, -0.2) is 4.98 Å². The zero-order chi connectivity index (χ0) is 25.3. The third-order valence-corrected chi connectivity index (χ3v) is 7.45. The number of fused-ring (bicyclic) bond motifs is 1. The minimum atomic E-state index is -1.47. The number of ether oxygens (including phenoxy) is 3. The summed E-state index contributed by atoms with van der Waals surface area (Å²) in [4.78, 5) is 13.9. The van der Waals surface area contributed by atoms with Gasteiger partial charge in [-0.15, -0.1) is 0 Å². The molecule has 184 valence electrons. The molecule has 0 saturated carbocycles. The normalized spacial score (nSPS) is 12.1. The molecule has 9 heteroatoms. The van der Waals surface area contributed by atoms with Crippen molar-refractivity contribution in [2.24, 2.45) is 0 Å². The number of hydrogen-bond acceptors (Lipinski definition) is 7. The molecule has 0 spiro atoms. The molecular weight excluding hydrogens is 464 g/mol. The summed E-state index contributed by atoms with van der Waals surface area (Å²) in [7, 11) is 3.43. The molecule has 0 fully saturated rings. The molecular formula is C26H30N4O4S. The molecule has 3 heterocycles. The van der Waals surface area contributed by atoms with Gasteiger partial charge in [0.1, 0.15) is 17.2 Å². The van der Waals surface area contributed by atoms with Crippen molar-refractivity contribution >= 4 is 21.8 Å². The van der Waals surface area contributed by atoms with Crippen LogP contribution in [0.2, 0.25) is 0 Å². The summed E-state index contributed by atoms with van der Waals surface area (Å²) in [5, 5.41) is 0.453. The van der Waals surface area contributed by atoms with E-state index >= 15 is 0 Å². The maximum absolute atomic E-state index is 13.7. The van der Waals surface area contributed by atoms with Crippen LogP contribution in [0.1, 0.15) is 33.6 Å². The van der Waals surface area contributed by atoms with Gasteiger partial charge in [-0.2, -0.15) is 0 Å². The van der Waals surface area contributed by atoms with Gasteiger partial charge in [0.25, 0.3) is 0 Å². The third-order valence-electron chi connectivity index (χ3n) is 6.20. The van der Waals surface area contributed by atoms with Crippen LogP contribution < -0.4 is 14.2 Å². The van der Waals surface area contributed by atoms with Gasteiger partial charge >= 0.3 is 0 Å². The number of hydrogen-bond donors (Lipinski definition) is 0. The standard InChI is InChI=1S/C26H30N4O4S/c1-15-11-27-21(17(3)24(15)33-6)13-30-23-9-8-19(32-5)10-20(23)29-26(30)35(31)14-22-18(4)25(34-7)16(2)12-28-22/h8-12H,13-14H2,1-7H3/t35-/m1/s1. The fourth-order valence-electron chi connectivity index (χ4n) is 4.33. The first-order valence-electron chi connectivity index (χ1n) is 11.2. The van der Waals surface area contributed by atoms with E-state index < -0.39 is 10.8 Å². The minimum absolute atomic E-state index is 0.215. The molecule has 0 radical (unpaired) electrons. The highest BCUT2D eigenvalue weighted by Gasteiger charge is 2.22. The molecule has 0 N–H and O–H groups in total. The van der Waals surface area contributed by atoms with E-state index in [1.54, 1.807) is 33.7 Å². The first kappa shape index (κ1) is 24.7. The van der Waals surface area contributed by atoms with E-state index in [-0.39, 0.29) is 5.75 Å². The highest BCUT2D eigenvalue weighted by molar-refractivity contribution is 7.84. The minimum Gasteiger partial charge on any atom is -0.497 e. The Balaban J connectivity index is 1.81. The highest BCUT2D eigenvalue weighted by atomic mass is 32.2. The van der Waals surface area contributed by atoms with Gasteiger partial charge in [-0.05, 0) is 39.8 Å². The molecule has 0 unspecified atom stereocenters. The average Bonchev–Trinajstić information content (AvgIpc) is 3.21. The second-order valence-electron chi connectivity index (χ2n) is 8.42. The molecule has 8 nitrogen and oxygen atoms in total. The molecule has 3 aromatic heterocycles. The van der Waals surface area contributed by atoms with Gasteiger partial charge in [0.05, 0.1) is 66.8 Å². The molecule has 0 amide bonds. The zero-order valence-corrected chi connectivity index (χ0v) is 21.9. The van der Waals surface area contributed by atoms with E-state index in [0.29, 0.717) is 28.7 Å². The quantitative estimate of drug-likeness (QED) is 0.358. The van der Waals surface area contributed by atoms with Crippen LogP contribution in [-0.4, -0.2) is 45.1 Å². The van der Waals surface area contributed by atoms with Crippen molar-refractivity contribution in [2.75, 3.05) is 21.3 Å². The van der Waals surface area contributed by atoms with E-state index in [4.69, 9.17) is 19.2 Å². The SMILES string of the molecule is COc1ccc2c(c1)nc([S@](=O)Cc1ncc(C)c(OC)c1C)n2Cc1ncc(C)c(OC)c1C. The Labute approximate surface area is 207 Å². The Bertz CT molecular complexity index is 1430. The molecule has 0 bridgehead atoms. The lowest BCUT2D eigenvalue weighted by Crippen LogP contribution is -2.12. The maximum Gasteiger partial charge on any atom is 0.200 e. The van der Waals surface area contributed by atoms with Crippen LogP contribution in [-0.2, 0) is 23.1 Å². The zero-order valence-electron chi connectivity index (χ0n) is 21.1. The summed E-state index contributed by atoms with van der Waals surface area (Å²) < 4.78 is 32.2. The molecule has 0 aliphatic rings. The summed E-state index contributed by atoms with van der Waals surface area (Å²) in [6, 6.07) is 5.65. The number of aryl methyl sites for hydroxylation is 2. The highest BCUT2D eigenvalue weighted by Crippen LogP contribution is 2.30. The number of rotatable bonds is 8. The molecule has 1 atom stereocenters. The Kier molecular flexibility index (Phi) is 7.07. The topological polar surface area (TPSA) is 88.4 Å². The number of aromatic nitrogens is 4. The Morgan fingerprint density at radius 3 is 2.06 bits per heavy atom. The summed E-state index contributed by atoms with van der Waals surface area (Å²) >= 11 is 0. The van der Waals surface area contributed by atoms with Gasteiger partial charge in [-0.3, -0.25) is 14.2 Å². The summed E-state index contributed by atoms with van der Waals surface area (Å²) in [6.45, 7) is 8.23. The van der Waals surface area contributed by atoms with Crippen LogP contribution in [0.3, 0.4) is 0 Å². The molecule has 0 aliphatic heterocycles. The van der Waals surface area contributed by atoms with Gasteiger partial charge in [0.15, 0.2) is 0 Å². The van der Waals surface area contributed by atoms with Crippen molar-refractivity contribution in [1.29, 1.82) is 0 Å². The van der Waals surface area contributed by atoms with Gasteiger partial charge in [0, 0.05) is 40.7 Å². The predicted octanol–water partition coefficient (Wildman–Crippen LogP) is 4.44. The van der Waals surface area contributed by atoms with Crippen LogP contribution >= 0.6 is 0 Å². The third kappa shape index (κ3) is 4.60. The number of nitrogens with zero attached hydrogens (tertiary/aromatic N) is 4. The Morgan fingerprint density at radius 1 is 0.857 bits per heavy atom. The lowest BCUT2D eigenvalue weighted by molar-refractivity contribution is 0.406. The van der Waals surface area contributed by atoms with Crippen molar-refractivity contribution in [3.8, 4) is 17.2 Å². The molecule has 0 saturated heterocycles. The second kappa shape index (κ2) is 10.0. The Hall–Kier alpha value is -3.46. The van der Waals surface area contributed by atoms with Gasteiger partial charge in [0.2, 0.25) is 5.16 Å². The number of methoxy groups -OCH3 is 3. The van der Waals surface area contributed by atoms with E-state index in [1.165, 1.54) is 0 Å². The van der Waals surface area contributed by atoms with Gasteiger partial charge in [-0.1, -0.05) is 0 Å².